The second-order valence-electron chi connectivity index (χ2n) is 3.04. The van der Waals surface area contributed by atoms with E-state index in [2.05, 4.69) is 10.1 Å². The molecule has 1 rings (SSSR count). The van der Waals surface area contributed by atoms with E-state index in [4.69, 9.17) is 5.26 Å². The van der Waals surface area contributed by atoms with Crippen LogP contribution in [0.5, 0.6) is 0 Å². The zero-order chi connectivity index (χ0) is 12.8. The summed E-state index contributed by atoms with van der Waals surface area (Å²) in [6.07, 6.45) is -0.258. The van der Waals surface area contributed by atoms with Gasteiger partial charge in [-0.1, -0.05) is 6.07 Å². The van der Waals surface area contributed by atoms with E-state index < -0.39 is 11.9 Å². The molecule has 6 heteroatoms. The Balaban J connectivity index is 3.09. The largest absolute Gasteiger partial charge is 0.465 e. The number of halogens is 1. The average Bonchev–Trinajstić information content (AvgIpc) is 2.31. The fourth-order valence-electron chi connectivity index (χ4n) is 1.19. The maximum absolute atomic E-state index is 11.5. The summed E-state index contributed by atoms with van der Waals surface area (Å²) in [5.74, 6) is -0.988. The van der Waals surface area contributed by atoms with Crippen molar-refractivity contribution in [3.8, 4) is 6.07 Å². The highest BCUT2D eigenvalue weighted by Gasteiger charge is 2.16. The number of amides is 1. The van der Waals surface area contributed by atoms with Gasteiger partial charge in [-0.2, -0.15) is 5.26 Å². The van der Waals surface area contributed by atoms with Gasteiger partial charge in [0.2, 0.25) is 5.91 Å². The zero-order valence-electron chi connectivity index (χ0n) is 8.99. The second-order valence-corrected chi connectivity index (χ2v) is 4.20. The summed E-state index contributed by atoms with van der Waals surface area (Å²) < 4.78 is 5.32. The minimum atomic E-state index is -0.532. The van der Waals surface area contributed by atoms with Gasteiger partial charge in [-0.3, -0.25) is 4.79 Å². The fraction of sp³-hybridized carbons (Fsp3) is 0.182. The van der Waals surface area contributed by atoms with Gasteiger partial charge in [0, 0.05) is 3.57 Å². The van der Waals surface area contributed by atoms with Crippen LogP contribution in [0, 0.1) is 14.9 Å². The van der Waals surface area contributed by atoms with Crippen molar-refractivity contribution in [1.82, 2.24) is 0 Å². The van der Waals surface area contributed by atoms with Crippen molar-refractivity contribution >= 4 is 40.2 Å². The van der Waals surface area contributed by atoms with Crippen LogP contribution in [-0.4, -0.2) is 19.0 Å². The van der Waals surface area contributed by atoms with Crippen molar-refractivity contribution in [1.29, 1.82) is 5.26 Å². The molecule has 0 heterocycles. The van der Waals surface area contributed by atoms with Gasteiger partial charge in [0.25, 0.3) is 0 Å². The van der Waals surface area contributed by atoms with Crippen LogP contribution in [0.3, 0.4) is 0 Å². The van der Waals surface area contributed by atoms with Crippen molar-refractivity contribution in [2.45, 2.75) is 6.42 Å². The van der Waals surface area contributed by atoms with E-state index in [1.54, 1.807) is 24.3 Å². The minimum Gasteiger partial charge on any atom is -0.465 e. The maximum Gasteiger partial charge on any atom is 0.340 e. The first kappa shape index (κ1) is 13.4. The van der Waals surface area contributed by atoms with Gasteiger partial charge < -0.3 is 10.1 Å². The van der Waals surface area contributed by atoms with E-state index in [0.29, 0.717) is 9.26 Å². The molecule has 1 N–H and O–H groups in total. The Morgan fingerprint density at radius 1 is 1.53 bits per heavy atom. The van der Waals surface area contributed by atoms with E-state index >= 15 is 0 Å². The Kier molecular flexibility index (Phi) is 4.90. The molecule has 1 amide bonds. The van der Waals surface area contributed by atoms with Crippen molar-refractivity contribution < 1.29 is 14.3 Å². The Labute approximate surface area is 112 Å². The lowest BCUT2D eigenvalue weighted by molar-refractivity contribution is -0.115. The number of nitrogens with zero attached hydrogens (tertiary/aromatic N) is 1. The molecule has 0 saturated carbocycles. The lowest BCUT2D eigenvalue weighted by atomic mass is 10.1. The average molecular weight is 344 g/mol. The molecule has 0 saturated heterocycles. The van der Waals surface area contributed by atoms with Gasteiger partial charge in [0.1, 0.15) is 6.42 Å². The number of hydrogen-bond acceptors (Lipinski definition) is 4. The topological polar surface area (TPSA) is 79.2 Å². The Morgan fingerprint density at radius 2 is 2.24 bits per heavy atom. The van der Waals surface area contributed by atoms with Gasteiger partial charge in [-0.25, -0.2) is 4.79 Å². The summed E-state index contributed by atoms with van der Waals surface area (Å²) in [4.78, 5) is 22.8. The van der Waals surface area contributed by atoms with E-state index in [1.807, 2.05) is 22.6 Å². The van der Waals surface area contributed by atoms with Crippen LogP contribution >= 0.6 is 22.6 Å². The number of carbonyl (C=O) groups is 2. The number of rotatable bonds is 3. The second kappa shape index (κ2) is 6.20. The molecule has 0 aliphatic rings. The molecule has 88 valence electrons. The number of carbonyl (C=O) groups excluding carboxylic acids is 2. The SMILES string of the molecule is COC(=O)c1cccc(I)c1NC(=O)CC#N. The normalized spacial score (nSPS) is 9.24. The number of esters is 1. The predicted molar refractivity (Wildman–Crippen MR) is 69.4 cm³/mol. The lowest BCUT2D eigenvalue weighted by Gasteiger charge is -2.10. The number of ether oxygens (including phenoxy) is 1. The molecule has 0 bridgehead atoms. The third-order valence-corrected chi connectivity index (χ3v) is 2.82. The highest BCUT2D eigenvalue weighted by atomic mass is 127. The van der Waals surface area contributed by atoms with Crippen LogP contribution in [-0.2, 0) is 9.53 Å². The molecule has 0 spiro atoms. The molecule has 1 aromatic carbocycles. The van der Waals surface area contributed by atoms with Gasteiger partial charge in [0.05, 0.1) is 24.4 Å². The summed E-state index contributed by atoms with van der Waals surface area (Å²) in [6, 6.07) is 6.72. The number of nitriles is 1. The summed E-state index contributed by atoms with van der Waals surface area (Å²) >= 11 is 1.99. The van der Waals surface area contributed by atoms with E-state index in [0.717, 1.165) is 0 Å². The smallest absolute Gasteiger partial charge is 0.340 e. The highest BCUT2D eigenvalue weighted by Crippen LogP contribution is 2.23. The molecule has 0 aliphatic carbocycles. The quantitative estimate of drug-likeness (QED) is 0.671. The molecule has 0 fully saturated rings. The van der Waals surface area contributed by atoms with E-state index in [-0.39, 0.29) is 12.0 Å². The van der Waals surface area contributed by atoms with Crippen LogP contribution in [0.1, 0.15) is 16.8 Å². The highest BCUT2D eigenvalue weighted by molar-refractivity contribution is 14.1. The summed E-state index contributed by atoms with van der Waals surface area (Å²) in [5.41, 5.74) is 0.644. The monoisotopic (exact) mass is 344 g/mol. The van der Waals surface area contributed by atoms with Crippen LogP contribution in [0.2, 0.25) is 0 Å². The van der Waals surface area contributed by atoms with Crippen LogP contribution in [0.4, 0.5) is 5.69 Å². The molecule has 0 radical (unpaired) electrons. The van der Waals surface area contributed by atoms with Gasteiger partial charge in [0.15, 0.2) is 0 Å². The molecule has 17 heavy (non-hydrogen) atoms. The van der Waals surface area contributed by atoms with Crippen molar-refractivity contribution in [3.05, 3.63) is 27.3 Å². The van der Waals surface area contributed by atoms with Crippen molar-refractivity contribution in [2.75, 3.05) is 12.4 Å². The number of nitrogens with one attached hydrogen (secondary N) is 1. The number of anilines is 1. The van der Waals surface area contributed by atoms with E-state index in [9.17, 15) is 9.59 Å². The summed E-state index contributed by atoms with van der Waals surface area (Å²) in [7, 11) is 1.27. The Hall–Kier alpha value is -1.62. The minimum absolute atomic E-state index is 0.258. The summed E-state index contributed by atoms with van der Waals surface area (Å²) in [6.45, 7) is 0. The number of hydrogen-bond donors (Lipinski definition) is 1. The van der Waals surface area contributed by atoms with Gasteiger partial charge in [-0.15, -0.1) is 0 Å². The van der Waals surface area contributed by atoms with Crippen LogP contribution in [0.25, 0.3) is 0 Å². The molecule has 1 aromatic rings. The molecular weight excluding hydrogens is 335 g/mol. The van der Waals surface area contributed by atoms with Gasteiger partial charge in [-0.05, 0) is 34.7 Å². The Bertz CT molecular complexity index is 494. The first-order chi connectivity index (χ1) is 8.10. The van der Waals surface area contributed by atoms with Gasteiger partial charge >= 0.3 is 5.97 Å². The molecule has 0 atom stereocenters. The molecule has 0 aromatic heterocycles. The maximum atomic E-state index is 11.5. The van der Waals surface area contributed by atoms with Crippen LogP contribution in [0.15, 0.2) is 18.2 Å². The Morgan fingerprint density at radius 3 is 2.82 bits per heavy atom. The number of para-hydroxylation sites is 1. The molecule has 5 nitrogen and oxygen atoms in total. The fourth-order valence-corrected chi connectivity index (χ4v) is 1.82. The molecular formula is C11H9IN2O3. The molecule has 0 aliphatic heterocycles. The van der Waals surface area contributed by atoms with E-state index in [1.165, 1.54) is 7.11 Å². The van der Waals surface area contributed by atoms with Crippen molar-refractivity contribution in [3.63, 3.8) is 0 Å². The first-order valence-electron chi connectivity index (χ1n) is 4.63. The standard InChI is InChI=1S/C11H9IN2O3/c1-17-11(16)7-3-2-4-8(12)10(7)14-9(15)5-6-13/h2-4H,5H2,1H3,(H,14,15). The predicted octanol–water partition coefficient (Wildman–Crippen LogP) is 1.93. The third-order valence-electron chi connectivity index (χ3n) is 1.92. The lowest BCUT2D eigenvalue weighted by Crippen LogP contribution is -2.15. The summed E-state index contributed by atoms with van der Waals surface area (Å²) in [5, 5.41) is 10.9. The number of benzene rings is 1. The first-order valence-corrected chi connectivity index (χ1v) is 5.71. The zero-order valence-corrected chi connectivity index (χ0v) is 11.1. The number of methoxy groups -OCH3 is 1. The third kappa shape index (κ3) is 3.42. The van der Waals surface area contributed by atoms with Crippen molar-refractivity contribution in [2.24, 2.45) is 0 Å². The van der Waals surface area contributed by atoms with Crippen LogP contribution < -0.4 is 5.32 Å². The molecule has 0 unspecified atom stereocenters.